The van der Waals surface area contributed by atoms with Crippen molar-refractivity contribution in [1.82, 2.24) is 0 Å². The Bertz CT molecular complexity index is 62.0. The maximum atomic E-state index is 2.99. The Balaban J connectivity index is 0.000000250. The quantitative estimate of drug-likeness (QED) is 0.343. The van der Waals surface area contributed by atoms with E-state index >= 15 is 0 Å². The van der Waals surface area contributed by atoms with Gasteiger partial charge < -0.3 is 0 Å². The van der Waals surface area contributed by atoms with Crippen molar-refractivity contribution in [3.8, 4) is 0 Å². The summed E-state index contributed by atoms with van der Waals surface area (Å²) in [6.45, 7) is 0. The first kappa shape index (κ1) is 6.10. The Morgan fingerprint density at radius 3 is 2.50 bits per heavy atom. The van der Waals surface area contributed by atoms with E-state index in [1.165, 1.54) is 0 Å². The average Bonchev–Trinajstić information content (AvgIpc) is 1.76. The molecule has 1 aliphatic carbocycles. The SMILES string of the molecule is [C-]1=CC=CC1.[Zn+2]. The van der Waals surface area contributed by atoms with Crippen LogP contribution >= 0.6 is 0 Å². The summed E-state index contributed by atoms with van der Waals surface area (Å²) in [6, 6.07) is 0. The zero-order valence-electron chi connectivity index (χ0n) is 3.65. The fourth-order valence-corrected chi connectivity index (χ4v) is 0.340. The first-order chi connectivity index (χ1) is 2.50. The van der Waals surface area contributed by atoms with Gasteiger partial charge in [-0.15, -0.1) is 6.42 Å². The molecule has 0 saturated heterocycles. The molecule has 0 radical (unpaired) electrons. The van der Waals surface area contributed by atoms with Gasteiger partial charge in [-0.25, -0.2) is 12.2 Å². The smallest absolute Gasteiger partial charge is 0.273 e. The minimum absolute atomic E-state index is 0. The summed E-state index contributed by atoms with van der Waals surface area (Å²) in [5, 5.41) is 0. The molecule has 0 aromatic heterocycles. The molecule has 26 valence electrons. The Morgan fingerprint density at radius 2 is 2.33 bits per heavy atom. The van der Waals surface area contributed by atoms with E-state index < -0.39 is 0 Å². The minimum Gasteiger partial charge on any atom is -0.273 e. The molecule has 0 fully saturated rings. The van der Waals surface area contributed by atoms with Crippen LogP contribution in [-0.2, 0) is 19.5 Å². The molecule has 0 unspecified atom stereocenters. The molecular formula is C5H5Zn+. The van der Waals surface area contributed by atoms with Gasteiger partial charge in [-0.05, 0) is 0 Å². The van der Waals surface area contributed by atoms with E-state index in [1.54, 1.807) is 0 Å². The second-order valence-electron chi connectivity index (χ2n) is 1.00. The van der Waals surface area contributed by atoms with E-state index in [-0.39, 0.29) is 19.5 Å². The van der Waals surface area contributed by atoms with Crippen molar-refractivity contribution in [2.45, 2.75) is 6.42 Å². The zero-order chi connectivity index (χ0) is 3.54. The van der Waals surface area contributed by atoms with Gasteiger partial charge in [0.15, 0.2) is 0 Å². The molecule has 1 heteroatoms. The molecule has 0 heterocycles. The molecule has 0 nitrogen and oxygen atoms in total. The molecule has 1 rings (SSSR count). The molecule has 6 heavy (non-hydrogen) atoms. The van der Waals surface area contributed by atoms with Crippen LogP contribution in [0.1, 0.15) is 6.42 Å². The first-order valence-electron chi connectivity index (χ1n) is 1.72. The van der Waals surface area contributed by atoms with E-state index in [0.29, 0.717) is 0 Å². The van der Waals surface area contributed by atoms with Crippen molar-refractivity contribution in [2.24, 2.45) is 0 Å². The molecule has 0 spiro atoms. The van der Waals surface area contributed by atoms with Gasteiger partial charge in [0.2, 0.25) is 0 Å². The van der Waals surface area contributed by atoms with E-state index in [0.717, 1.165) is 6.42 Å². The van der Waals surface area contributed by atoms with Crippen LogP contribution in [0.4, 0.5) is 0 Å². The molecule has 1 aliphatic rings. The maximum Gasteiger partial charge on any atom is 2.00 e. The summed E-state index contributed by atoms with van der Waals surface area (Å²) in [4.78, 5) is 0. The number of hydrogen-bond donors (Lipinski definition) is 0. The summed E-state index contributed by atoms with van der Waals surface area (Å²) in [7, 11) is 0. The van der Waals surface area contributed by atoms with E-state index in [1.807, 2.05) is 12.2 Å². The number of rotatable bonds is 0. The first-order valence-corrected chi connectivity index (χ1v) is 1.72. The van der Waals surface area contributed by atoms with Gasteiger partial charge in [0.1, 0.15) is 0 Å². The van der Waals surface area contributed by atoms with Crippen LogP contribution in [-0.4, -0.2) is 0 Å². The Hall–Kier alpha value is 0.103. The normalized spacial score (nSPS) is 14.7. The zero-order valence-corrected chi connectivity index (χ0v) is 6.61. The summed E-state index contributed by atoms with van der Waals surface area (Å²) in [5.74, 6) is 0. The molecule has 0 aliphatic heterocycles. The largest absolute Gasteiger partial charge is 2.00 e. The van der Waals surface area contributed by atoms with Gasteiger partial charge in [-0.1, -0.05) is 0 Å². The average molecular weight is 130 g/mol. The van der Waals surface area contributed by atoms with Crippen molar-refractivity contribution < 1.29 is 19.5 Å². The monoisotopic (exact) mass is 129 g/mol. The molecule has 0 atom stereocenters. The van der Waals surface area contributed by atoms with Crippen LogP contribution in [0.25, 0.3) is 0 Å². The molecule has 0 aromatic rings. The Kier molecular flexibility index (Phi) is 3.36. The molecule has 0 bridgehead atoms. The van der Waals surface area contributed by atoms with Crippen molar-refractivity contribution in [3.05, 3.63) is 24.3 Å². The van der Waals surface area contributed by atoms with Gasteiger partial charge in [0, 0.05) is 0 Å². The van der Waals surface area contributed by atoms with E-state index in [4.69, 9.17) is 0 Å². The Morgan fingerprint density at radius 1 is 1.50 bits per heavy atom. The predicted octanol–water partition coefficient (Wildman–Crippen LogP) is 1.30. The molecule has 0 N–H and O–H groups in total. The molecule has 0 aromatic carbocycles. The van der Waals surface area contributed by atoms with Crippen LogP contribution in [0.15, 0.2) is 18.2 Å². The van der Waals surface area contributed by atoms with Crippen molar-refractivity contribution >= 4 is 0 Å². The molecule has 0 amide bonds. The van der Waals surface area contributed by atoms with Crippen molar-refractivity contribution in [1.29, 1.82) is 0 Å². The van der Waals surface area contributed by atoms with Crippen LogP contribution in [0.2, 0.25) is 0 Å². The van der Waals surface area contributed by atoms with Gasteiger partial charge in [0.05, 0.1) is 0 Å². The van der Waals surface area contributed by atoms with Gasteiger partial charge in [-0.2, -0.15) is 6.08 Å². The van der Waals surface area contributed by atoms with Crippen LogP contribution in [0, 0.1) is 6.08 Å². The van der Waals surface area contributed by atoms with Gasteiger partial charge in [-0.3, -0.25) is 6.08 Å². The topological polar surface area (TPSA) is 0 Å². The third-order valence-corrected chi connectivity index (χ3v) is 0.586. The van der Waals surface area contributed by atoms with Crippen molar-refractivity contribution in [3.63, 3.8) is 0 Å². The molecule has 0 saturated carbocycles. The number of allylic oxidation sites excluding steroid dienone is 4. The van der Waals surface area contributed by atoms with Crippen molar-refractivity contribution in [2.75, 3.05) is 0 Å². The third kappa shape index (κ3) is 1.52. The van der Waals surface area contributed by atoms with Crippen LogP contribution in [0.5, 0.6) is 0 Å². The molecular weight excluding hydrogens is 125 g/mol. The van der Waals surface area contributed by atoms with Gasteiger partial charge >= 0.3 is 19.5 Å². The Labute approximate surface area is 50.7 Å². The second-order valence-corrected chi connectivity index (χ2v) is 1.00. The fraction of sp³-hybridized carbons (Fsp3) is 0.200. The van der Waals surface area contributed by atoms with E-state index in [9.17, 15) is 0 Å². The van der Waals surface area contributed by atoms with E-state index in [2.05, 4.69) is 12.2 Å². The minimum atomic E-state index is 0. The summed E-state index contributed by atoms with van der Waals surface area (Å²) in [6.07, 6.45) is 10.0. The number of hydrogen-bond acceptors (Lipinski definition) is 0. The standard InChI is InChI=1S/C5H5.Zn/c1-2-4-5-3-1;/h1-3H,4H2;/q-1;+2. The fourth-order valence-electron chi connectivity index (χ4n) is 0.340. The predicted molar refractivity (Wildman–Crippen MR) is 21.6 cm³/mol. The van der Waals surface area contributed by atoms with Gasteiger partial charge in [0.25, 0.3) is 0 Å². The second kappa shape index (κ2) is 3.30. The summed E-state index contributed by atoms with van der Waals surface area (Å²) < 4.78 is 0. The summed E-state index contributed by atoms with van der Waals surface area (Å²) in [5.41, 5.74) is 0. The maximum absolute atomic E-state index is 2.99. The summed E-state index contributed by atoms with van der Waals surface area (Å²) >= 11 is 0. The van der Waals surface area contributed by atoms with Crippen LogP contribution in [0.3, 0.4) is 0 Å². The van der Waals surface area contributed by atoms with Crippen LogP contribution < -0.4 is 0 Å². The third-order valence-electron chi connectivity index (χ3n) is 0.586.